The van der Waals surface area contributed by atoms with E-state index in [4.69, 9.17) is 14.2 Å². The molecule has 0 aromatic heterocycles. The van der Waals surface area contributed by atoms with Crippen molar-refractivity contribution in [2.45, 2.75) is 69.3 Å². The Hall–Kier alpha value is -2.63. The molecule has 0 radical (unpaired) electrons. The van der Waals surface area contributed by atoms with Gasteiger partial charge in [0.25, 0.3) is 10.1 Å². The fraction of sp³-hybridized carbons (Fsp3) is 0.520. The summed E-state index contributed by atoms with van der Waals surface area (Å²) >= 11 is 0. The van der Waals surface area contributed by atoms with Crippen LogP contribution < -0.4 is 4.90 Å². The SMILES string of the molecule is CN(C)c1cccc2c(S(=O)(=O)OCCCCCCCCC(=O)OC(C)(C)C#N)cccc12. The van der Waals surface area contributed by atoms with Crippen LogP contribution in [0.15, 0.2) is 41.3 Å². The summed E-state index contributed by atoms with van der Waals surface area (Å²) in [6.07, 6.45) is 5.26. The third-order valence-corrected chi connectivity index (χ3v) is 6.63. The molecule has 7 nitrogen and oxygen atoms in total. The number of benzene rings is 2. The van der Waals surface area contributed by atoms with Gasteiger partial charge in [-0.05, 0) is 38.8 Å². The van der Waals surface area contributed by atoms with E-state index in [0.717, 1.165) is 36.8 Å². The Balaban J connectivity index is 1.73. The lowest BCUT2D eigenvalue weighted by Crippen LogP contribution is -2.25. The standard InChI is InChI=1S/C25H34N2O5S/c1-25(2,19-26)32-24(28)17-9-7-5-6-8-10-18-31-33(29,30)23-16-12-13-20-21(23)14-11-15-22(20)27(3)4/h11-16H,5-10,17-18H2,1-4H3. The first-order chi connectivity index (χ1) is 15.6. The fourth-order valence-corrected chi connectivity index (χ4v) is 4.70. The van der Waals surface area contributed by atoms with E-state index >= 15 is 0 Å². The number of rotatable bonds is 13. The molecule has 33 heavy (non-hydrogen) atoms. The zero-order valence-corrected chi connectivity index (χ0v) is 20.8. The van der Waals surface area contributed by atoms with E-state index in [0.29, 0.717) is 24.6 Å². The summed E-state index contributed by atoms with van der Waals surface area (Å²) in [5, 5.41) is 10.4. The second-order valence-corrected chi connectivity index (χ2v) is 10.4. The normalized spacial score (nSPS) is 11.8. The number of esters is 1. The van der Waals surface area contributed by atoms with Gasteiger partial charge in [0.05, 0.1) is 6.61 Å². The van der Waals surface area contributed by atoms with Gasteiger partial charge in [0.1, 0.15) is 11.0 Å². The Morgan fingerprint density at radius 3 is 2.24 bits per heavy atom. The zero-order valence-electron chi connectivity index (χ0n) is 20.0. The summed E-state index contributed by atoms with van der Waals surface area (Å²) in [4.78, 5) is 13.8. The molecule has 2 aromatic carbocycles. The second kappa shape index (κ2) is 12.0. The maximum atomic E-state index is 12.8. The van der Waals surface area contributed by atoms with E-state index in [9.17, 15) is 13.2 Å². The zero-order chi connectivity index (χ0) is 24.5. The Labute approximate surface area is 197 Å². The molecule has 0 N–H and O–H groups in total. The lowest BCUT2D eigenvalue weighted by Gasteiger charge is -2.16. The van der Waals surface area contributed by atoms with Gasteiger partial charge in [-0.1, -0.05) is 49.9 Å². The van der Waals surface area contributed by atoms with E-state index < -0.39 is 15.7 Å². The topological polar surface area (TPSA) is 96.7 Å². The van der Waals surface area contributed by atoms with Crippen LogP contribution in [0.4, 0.5) is 5.69 Å². The van der Waals surface area contributed by atoms with Gasteiger partial charge in [0.2, 0.25) is 0 Å². The molecule has 0 spiro atoms. The first-order valence-electron chi connectivity index (χ1n) is 11.3. The maximum absolute atomic E-state index is 12.8. The molecule has 8 heteroatoms. The van der Waals surface area contributed by atoms with Gasteiger partial charge in [-0.25, -0.2) is 0 Å². The highest BCUT2D eigenvalue weighted by molar-refractivity contribution is 7.87. The Bertz CT molecular complexity index is 1090. The number of fused-ring (bicyclic) bond motifs is 1. The number of unbranched alkanes of at least 4 members (excludes halogenated alkanes) is 5. The van der Waals surface area contributed by atoms with Crippen LogP contribution in [0.25, 0.3) is 10.8 Å². The van der Waals surface area contributed by atoms with E-state index in [2.05, 4.69) is 0 Å². The number of ether oxygens (including phenoxy) is 1. The average molecular weight is 475 g/mol. The van der Waals surface area contributed by atoms with E-state index in [1.54, 1.807) is 32.0 Å². The third kappa shape index (κ3) is 8.02. The van der Waals surface area contributed by atoms with Gasteiger partial charge in [0, 0.05) is 37.0 Å². The predicted molar refractivity (Wildman–Crippen MR) is 130 cm³/mol. The minimum Gasteiger partial charge on any atom is -0.444 e. The molecule has 180 valence electrons. The minimum absolute atomic E-state index is 0.141. The van der Waals surface area contributed by atoms with Gasteiger partial charge in [-0.3, -0.25) is 8.98 Å². The summed E-state index contributed by atoms with van der Waals surface area (Å²) in [5.74, 6) is -0.355. The highest BCUT2D eigenvalue weighted by Crippen LogP contribution is 2.31. The predicted octanol–water partition coefficient (Wildman–Crippen LogP) is 5.19. The van der Waals surface area contributed by atoms with Crippen molar-refractivity contribution in [3.05, 3.63) is 36.4 Å². The van der Waals surface area contributed by atoms with Crippen LogP contribution in [0.2, 0.25) is 0 Å². The third-order valence-electron chi connectivity index (χ3n) is 5.26. The van der Waals surface area contributed by atoms with Crippen molar-refractivity contribution in [3.63, 3.8) is 0 Å². The molecule has 0 bridgehead atoms. The highest BCUT2D eigenvalue weighted by atomic mass is 32.2. The fourth-order valence-electron chi connectivity index (χ4n) is 3.54. The monoisotopic (exact) mass is 474 g/mol. The Morgan fingerprint density at radius 1 is 0.970 bits per heavy atom. The molecule has 0 heterocycles. The van der Waals surface area contributed by atoms with Crippen molar-refractivity contribution in [2.75, 3.05) is 25.6 Å². The van der Waals surface area contributed by atoms with Crippen LogP contribution in [0.5, 0.6) is 0 Å². The molecule has 0 aliphatic rings. The van der Waals surface area contributed by atoms with Crippen molar-refractivity contribution in [3.8, 4) is 6.07 Å². The van der Waals surface area contributed by atoms with Crippen LogP contribution in [0.1, 0.15) is 58.8 Å². The molecule has 0 atom stereocenters. The number of carbonyl (C=O) groups excluding carboxylic acids is 1. The molecule has 2 aromatic rings. The highest BCUT2D eigenvalue weighted by Gasteiger charge is 2.21. The lowest BCUT2D eigenvalue weighted by molar-refractivity contribution is -0.152. The maximum Gasteiger partial charge on any atom is 0.307 e. The smallest absolute Gasteiger partial charge is 0.307 e. The van der Waals surface area contributed by atoms with Gasteiger partial charge in [-0.15, -0.1) is 0 Å². The first kappa shape index (κ1) is 26.6. The first-order valence-corrected chi connectivity index (χ1v) is 12.7. The van der Waals surface area contributed by atoms with Gasteiger partial charge in [-0.2, -0.15) is 13.7 Å². The number of hydrogen-bond acceptors (Lipinski definition) is 7. The van der Waals surface area contributed by atoms with Crippen molar-refractivity contribution >= 4 is 32.5 Å². The van der Waals surface area contributed by atoms with Crippen molar-refractivity contribution in [1.29, 1.82) is 5.26 Å². The van der Waals surface area contributed by atoms with Crippen LogP contribution >= 0.6 is 0 Å². The average Bonchev–Trinajstić information content (AvgIpc) is 2.76. The summed E-state index contributed by atoms with van der Waals surface area (Å²) in [7, 11) is -0.00195. The number of nitriles is 1. The molecule has 0 amide bonds. The quantitative estimate of drug-likeness (QED) is 0.224. The van der Waals surface area contributed by atoms with Crippen LogP contribution in [-0.4, -0.2) is 40.7 Å². The number of hydrogen-bond donors (Lipinski definition) is 0. The Morgan fingerprint density at radius 2 is 1.58 bits per heavy atom. The number of nitrogens with zero attached hydrogens (tertiary/aromatic N) is 2. The molecule has 0 aliphatic carbocycles. The Kier molecular flexibility index (Phi) is 9.69. The molecular formula is C25H34N2O5S. The summed E-state index contributed by atoms with van der Waals surface area (Å²) in [6, 6.07) is 12.8. The number of carbonyl (C=O) groups is 1. The largest absolute Gasteiger partial charge is 0.444 e. The van der Waals surface area contributed by atoms with Crippen molar-refractivity contribution < 1.29 is 22.1 Å². The van der Waals surface area contributed by atoms with E-state index in [1.807, 2.05) is 43.3 Å². The molecule has 0 unspecified atom stereocenters. The van der Waals surface area contributed by atoms with Crippen LogP contribution in [-0.2, 0) is 23.8 Å². The molecule has 0 saturated carbocycles. The van der Waals surface area contributed by atoms with E-state index in [1.165, 1.54) is 0 Å². The lowest BCUT2D eigenvalue weighted by atomic mass is 10.1. The summed E-state index contributed by atoms with van der Waals surface area (Å²) in [5.41, 5.74) is -0.135. The molecular weight excluding hydrogens is 440 g/mol. The summed E-state index contributed by atoms with van der Waals surface area (Å²) < 4.78 is 36.0. The van der Waals surface area contributed by atoms with Crippen LogP contribution in [0.3, 0.4) is 0 Å². The minimum atomic E-state index is -3.85. The molecule has 2 rings (SSSR count). The molecule has 0 fully saturated rings. The summed E-state index contributed by atoms with van der Waals surface area (Å²) in [6.45, 7) is 3.27. The van der Waals surface area contributed by atoms with Gasteiger partial charge < -0.3 is 9.64 Å². The van der Waals surface area contributed by atoms with Gasteiger partial charge >= 0.3 is 5.97 Å². The molecule has 0 aliphatic heterocycles. The second-order valence-electron chi connectivity index (χ2n) is 8.77. The molecule has 0 saturated heterocycles. The van der Waals surface area contributed by atoms with Crippen molar-refractivity contribution in [2.24, 2.45) is 0 Å². The van der Waals surface area contributed by atoms with Gasteiger partial charge in [0.15, 0.2) is 5.60 Å². The van der Waals surface area contributed by atoms with Crippen molar-refractivity contribution in [1.82, 2.24) is 0 Å². The van der Waals surface area contributed by atoms with E-state index in [-0.39, 0.29) is 17.5 Å². The van der Waals surface area contributed by atoms with Crippen LogP contribution in [0, 0.1) is 11.3 Å². The number of anilines is 1.